The van der Waals surface area contributed by atoms with Crippen LogP contribution in [0.3, 0.4) is 0 Å². The number of ether oxygens (including phenoxy) is 3. The molecule has 3 rings (SSSR count). The van der Waals surface area contributed by atoms with Crippen molar-refractivity contribution in [1.82, 2.24) is 9.21 Å². The highest BCUT2D eigenvalue weighted by Gasteiger charge is 2.27. The summed E-state index contributed by atoms with van der Waals surface area (Å²) in [6.07, 6.45) is 1.84. The summed E-state index contributed by atoms with van der Waals surface area (Å²) in [6.45, 7) is 6.66. The summed E-state index contributed by atoms with van der Waals surface area (Å²) in [7, 11) is -3.49. The zero-order chi connectivity index (χ0) is 20.7. The molecule has 1 aromatic carbocycles. The molecule has 1 atom stereocenters. The average Bonchev–Trinajstić information content (AvgIpc) is 2.75. The molecule has 0 radical (unpaired) electrons. The molecule has 2 saturated heterocycles. The fourth-order valence-corrected chi connectivity index (χ4v) is 5.06. The van der Waals surface area contributed by atoms with Crippen molar-refractivity contribution in [2.45, 2.75) is 24.7 Å². The smallest absolute Gasteiger partial charge is 0.310 e. The lowest BCUT2D eigenvalue weighted by molar-refractivity contribution is -0.150. The van der Waals surface area contributed by atoms with E-state index in [-0.39, 0.29) is 16.8 Å². The average molecular weight is 427 g/mol. The number of morpholine rings is 1. The molecule has 0 aromatic heterocycles. The van der Waals surface area contributed by atoms with Gasteiger partial charge in [-0.15, -0.1) is 0 Å². The normalized spacial score (nSPS) is 21.6. The number of piperidine rings is 1. The van der Waals surface area contributed by atoms with Crippen LogP contribution in [0.4, 0.5) is 0 Å². The number of carbonyl (C=O) groups is 1. The number of benzene rings is 1. The quantitative estimate of drug-likeness (QED) is 0.580. The maximum atomic E-state index is 12.6. The lowest BCUT2D eigenvalue weighted by atomic mass is 9.98. The van der Waals surface area contributed by atoms with Gasteiger partial charge in [-0.25, -0.2) is 8.42 Å². The Labute approximate surface area is 172 Å². The minimum Gasteiger partial charge on any atom is -0.492 e. The third-order valence-electron chi connectivity index (χ3n) is 5.23. The standard InChI is InChI=1S/C20H30N2O6S/c1-2-27-20(23)17-4-3-9-21(16-17)10-15-28-18-5-7-19(8-6-18)29(24,25)22-11-13-26-14-12-22/h5-8,17H,2-4,9-16H2,1H3. The van der Waals surface area contributed by atoms with E-state index < -0.39 is 10.0 Å². The molecular weight excluding hydrogens is 396 g/mol. The van der Waals surface area contributed by atoms with Gasteiger partial charge in [0, 0.05) is 26.2 Å². The first kappa shape index (κ1) is 22.0. The number of likely N-dealkylation sites (tertiary alicyclic amines) is 1. The molecule has 2 heterocycles. The first-order valence-electron chi connectivity index (χ1n) is 10.2. The third-order valence-corrected chi connectivity index (χ3v) is 7.15. The zero-order valence-corrected chi connectivity index (χ0v) is 17.7. The Bertz CT molecular complexity index is 762. The maximum Gasteiger partial charge on any atom is 0.310 e. The lowest BCUT2D eigenvalue weighted by Gasteiger charge is -2.31. The van der Waals surface area contributed by atoms with Gasteiger partial charge in [-0.05, 0) is 50.6 Å². The van der Waals surface area contributed by atoms with E-state index >= 15 is 0 Å². The second kappa shape index (κ2) is 10.4. The van der Waals surface area contributed by atoms with Crippen LogP contribution in [0.5, 0.6) is 5.75 Å². The summed E-state index contributed by atoms with van der Waals surface area (Å²) in [5, 5.41) is 0. The Morgan fingerprint density at radius 3 is 2.59 bits per heavy atom. The van der Waals surface area contributed by atoms with E-state index in [9.17, 15) is 13.2 Å². The van der Waals surface area contributed by atoms with Crippen LogP contribution in [0.1, 0.15) is 19.8 Å². The van der Waals surface area contributed by atoms with Crippen LogP contribution in [0.2, 0.25) is 0 Å². The van der Waals surface area contributed by atoms with Crippen LogP contribution in [0.15, 0.2) is 29.2 Å². The summed E-state index contributed by atoms with van der Waals surface area (Å²) in [6, 6.07) is 6.53. The highest BCUT2D eigenvalue weighted by Crippen LogP contribution is 2.21. The Hall–Kier alpha value is -1.68. The van der Waals surface area contributed by atoms with Crippen molar-refractivity contribution < 1.29 is 27.4 Å². The van der Waals surface area contributed by atoms with Gasteiger partial charge < -0.3 is 14.2 Å². The van der Waals surface area contributed by atoms with Crippen molar-refractivity contribution in [1.29, 1.82) is 0 Å². The van der Waals surface area contributed by atoms with Crippen LogP contribution >= 0.6 is 0 Å². The van der Waals surface area contributed by atoms with Crippen molar-refractivity contribution in [2.24, 2.45) is 5.92 Å². The van der Waals surface area contributed by atoms with E-state index in [2.05, 4.69) is 4.90 Å². The zero-order valence-electron chi connectivity index (χ0n) is 16.9. The van der Waals surface area contributed by atoms with Gasteiger partial charge in [-0.3, -0.25) is 9.69 Å². The van der Waals surface area contributed by atoms with Gasteiger partial charge in [0.15, 0.2) is 0 Å². The molecule has 1 unspecified atom stereocenters. The highest BCUT2D eigenvalue weighted by molar-refractivity contribution is 7.89. The van der Waals surface area contributed by atoms with Crippen molar-refractivity contribution in [2.75, 3.05) is 59.2 Å². The number of esters is 1. The van der Waals surface area contributed by atoms with Gasteiger partial charge >= 0.3 is 5.97 Å². The highest BCUT2D eigenvalue weighted by atomic mass is 32.2. The molecule has 0 bridgehead atoms. The molecule has 0 saturated carbocycles. The van der Waals surface area contributed by atoms with E-state index in [1.807, 2.05) is 6.92 Å². The molecule has 0 N–H and O–H groups in total. The molecule has 8 nitrogen and oxygen atoms in total. The van der Waals surface area contributed by atoms with Crippen LogP contribution in [0, 0.1) is 5.92 Å². The monoisotopic (exact) mass is 426 g/mol. The summed E-state index contributed by atoms with van der Waals surface area (Å²) >= 11 is 0. The second-order valence-electron chi connectivity index (χ2n) is 7.23. The predicted molar refractivity (Wildman–Crippen MR) is 107 cm³/mol. The van der Waals surface area contributed by atoms with E-state index in [1.165, 1.54) is 4.31 Å². The van der Waals surface area contributed by atoms with Gasteiger partial charge in [-0.1, -0.05) is 0 Å². The second-order valence-corrected chi connectivity index (χ2v) is 9.17. The first-order valence-corrected chi connectivity index (χ1v) is 11.6. The third kappa shape index (κ3) is 5.91. The van der Waals surface area contributed by atoms with Crippen LogP contribution in [-0.2, 0) is 24.3 Å². The van der Waals surface area contributed by atoms with E-state index in [1.54, 1.807) is 24.3 Å². The molecule has 2 aliphatic rings. The fourth-order valence-electron chi connectivity index (χ4n) is 3.65. The lowest BCUT2D eigenvalue weighted by Crippen LogP contribution is -2.41. The van der Waals surface area contributed by atoms with Crippen molar-refractivity contribution in [3.63, 3.8) is 0 Å². The Balaban J connectivity index is 1.47. The van der Waals surface area contributed by atoms with E-state index in [4.69, 9.17) is 14.2 Å². The summed E-state index contributed by atoms with van der Waals surface area (Å²) in [5.41, 5.74) is 0. The minimum absolute atomic E-state index is 0.0617. The number of hydrogen-bond acceptors (Lipinski definition) is 7. The van der Waals surface area contributed by atoms with Crippen molar-refractivity contribution in [3.05, 3.63) is 24.3 Å². The van der Waals surface area contributed by atoms with Gasteiger partial charge in [-0.2, -0.15) is 4.31 Å². The molecule has 2 aliphatic heterocycles. The molecule has 9 heteroatoms. The Kier molecular flexibility index (Phi) is 7.88. The maximum absolute atomic E-state index is 12.6. The first-order chi connectivity index (χ1) is 14.0. The van der Waals surface area contributed by atoms with Crippen molar-refractivity contribution >= 4 is 16.0 Å². The van der Waals surface area contributed by atoms with Crippen LogP contribution in [-0.4, -0.2) is 82.7 Å². The van der Waals surface area contributed by atoms with Crippen LogP contribution in [0.25, 0.3) is 0 Å². The number of rotatable bonds is 8. The number of hydrogen-bond donors (Lipinski definition) is 0. The number of carbonyl (C=O) groups excluding carboxylic acids is 1. The van der Waals surface area contributed by atoms with Gasteiger partial charge in [0.05, 0.1) is 30.6 Å². The van der Waals surface area contributed by atoms with Crippen LogP contribution < -0.4 is 4.74 Å². The summed E-state index contributed by atoms with van der Waals surface area (Å²) in [4.78, 5) is 14.4. The molecule has 0 aliphatic carbocycles. The molecule has 0 amide bonds. The van der Waals surface area contributed by atoms with Gasteiger partial charge in [0.25, 0.3) is 0 Å². The van der Waals surface area contributed by atoms with E-state index in [0.717, 1.165) is 19.4 Å². The summed E-state index contributed by atoms with van der Waals surface area (Å²) < 4.78 is 42.8. The predicted octanol–water partition coefficient (Wildman–Crippen LogP) is 1.36. The molecule has 1 aromatic rings. The molecule has 162 valence electrons. The SMILES string of the molecule is CCOC(=O)C1CCCN(CCOc2ccc(S(=O)(=O)N3CCOCC3)cc2)C1. The van der Waals surface area contributed by atoms with Gasteiger partial charge in [0.2, 0.25) is 10.0 Å². The molecular formula is C20H30N2O6S. The van der Waals surface area contributed by atoms with Gasteiger partial charge in [0.1, 0.15) is 12.4 Å². The number of sulfonamides is 1. The molecule has 29 heavy (non-hydrogen) atoms. The molecule has 2 fully saturated rings. The molecule has 0 spiro atoms. The number of nitrogens with zero attached hydrogens (tertiary/aromatic N) is 2. The van der Waals surface area contributed by atoms with Crippen molar-refractivity contribution in [3.8, 4) is 5.75 Å². The largest absolute Gasteiger partial charge is 0.492 e. The van der Waals surface area contributed by atoms with E-state index in [0.29, 0.717) is 58.4 Å². The minimum atomic E-state index is -3.49. The fraction of sp³-hybridized carbons (Fsp3) is 0.650. The Morgan fingerprint density at radius 2 is 1.90 bits per heavy atom. The topological polar surface area (TPSA) is 85.4 Å². The Morgan fingerprint density at radius 1 is 1.17 bits per heavy atom. The summed E-state index contributed by atoms with van der Waals surface area (Å²) in [5.74, 6) is 0.452.